The van der Waals surface area contributed by atoms with Crippen LogP contribution < -0.4 is 5.56 Å². The van der Waals surface area contributed by atoms with Gasteiger partial charge in [-0.05, 0) is 43.3 Å². The number of H-pyrrole nitrogens is 1. The third kappa shape index (κ3) is 4.60. The summed E-state index contributed by atoms with van der Waals surface area (Å²) < 4.78 is 5.30. The number of hydrogen-bond donors (Lipinski definition) is 1. The largest absolute Gasteiger partial charge is 0.454 e. The fourth-order valence-corrected chi connectivity index (χ4v) is 2.73. The molecule has 0 amide bonds. The van der Waals surface area contributed by atoms with Crippen LogP contribution in [0.2, 0.25) is 5.02 Å². The number of rotatable bonds is 6. The van der Waals surface area contributed by atoms with Crippen LogP contribution in [-0.2, 0) is 9.53 Å². The number of aromatic amines is 1. The highest BCUT2D eigenvalue weighted by molar-refractivity contribution is 6.30. The average molecular weight is 385 g/mol. The first kappa shape index (κ1) is 18.8. The molecule has 3 aromatic rings. The van der Waals surface area contributed by atoms with Crippen LogP contribution in [0, 0.1) is 0 Å². The number of nitrogens with one attached hydrogen (secondary N) is 1. The molecule has 0 aliphatic rings. The highest BCUT2D eigenvalue weighted by Crippen LogP contribution is 2.16. The monoisotopic (exact) mass is 384 g/mol. The number of carbonyl (C=O) groups is 2. The van der Waals surface area contributed by atoms with E-state index in [1.807, 2.05) is 0 Å². The highest BCUT2D eigenvalue weighted by atomic mass is 35.5. The van der Waals surface area contributed by atoms with Gasteiger partial charge in [-0.25, -0.2) is 4.98 Å². The summed E-state index contributed by atoms with van der Waals surface area (Å²) in [6, 6.07) is 13.4. The van der Waals surface area contributed by atoms with Gasteiger partial charge >= 0.3 is 5.97 Å². The Labute approximate surface area is 160 Å². The van der Waals surface area contributed by atoms with E-state index in [0.29, 0.717) is 21.5 Å². The Morgan fingerprint density at radius 1 is 1.11 bits per heavy atom. The van der Waals surface area contributed by atoms with Crippen molar-refractivity contribution in [1.82, 2.24) is 9.97 Å². The topological polar surface area (TPSA) is 89.1 Å². The van der Waals surface area contributed by atoms with Crippen LogP contribution in [0.3, 0.4) is 0 Å². The van der Waals surface area contributed by atoms with E-state index in [4.69, 9.17) is 16.3 Å². The average Bonchev–Trinajstić information content (AvgIpc) is 2.66. The SMILES string of the molecule is CC(OC(=O)CCC(=O)c1ccc(Cl)cc1)c1nc2ccccc2c(=O)[nH]1. The van der Waals surface area contributed by atoms with Crippen LogP contribution in [-0.4, -0.2) is 21.7 Å². The number of esters is 1. The Morgan fingerprint density at radius 3 is 2.56 bits per heavy atom. The number of fused-ring (bicyclic) bond motifs is 1. The summed E-state index contributed by atoms with van der Waals surface area (Å²) in [4.78, 5) is 43.2. The highest BCUT2D eigenvalue weighted by Gasteiger charge is 2.17. The number of Topliss-reactive ketones (excluding diaryl/α,β-unsaturated/α-hetero) is 1. The van der Waals surface area contributed by atoms with Crippen molar-refractivity contribution in [2.24, 2.45) is 0 Å². The summed E-state index contributed by atoms with van der Waals surface area (Å²) in [6.45, 7) is 1.62. The number of benzene rings is 2. The summed E-state index contributed by atoms with van der Waals surface area (Å²) in [5.41, 5.74) is 0.717. The van der Waals surface area contributed by atoms with Gasteiger partial charge in [-0.3, -0.25) is 14.4 Å². The summed E-state index contributed by atoms with van der Waals surface area (Å²) in [5.74, 6) is -0.454. The Kier molecular flexibility index (Phi) is 5.66. The molecule has 1 aromatic heterocycles. The second-order valence-corrected chi connectivity index (χ2v) is 6.47. The molecule has 0 saturated heterocycles. The van der Waals surface area contributed by atoms with Crippen molar-refractivity contribution in [3.05, 3.63) is 75.3 Å². The molecule has 1 atom stereocenters. The minimum Gasteiger partial charge on any atom is -0.454 e. The zero-order valence-corrected chi connectivity index (χ0v) is 15.3. The number of ether oxygens (including phenoxy) is 1. The quantitative estimate of drug-likeness (QED) is 0.515. The van der Waals surface area contributed by atoms with Crippen LogP contribution in [0.15, 0.2) is 53.3 Å². The molecule has 0 bridgehead atoms. The molecule has 138 valence electrons. The number of carbonyl (C=O) groups excluding carboxylic acids is 2. The maximum Gasteiger partial charge on any atom is 0.306 e. The lowest BCUT2D eigenvalue weighted by atomic mass is 10.1. The van der Waals surface area contributed by atoms with Crippen LogP contribution >= 0.6 is 11.6 Å². The number of nitrogens with zero attached hydrogens (tertiary/aromatic N) is 1. The van der Waals surface area contributed by atoms with Crippen molar-refractivity contribution in [1.29, 1.82) is 0 Å². The van der Waals surface area contributed by atoms with Gasteiger partial charge in [-0.2, -0.15) is 0 Å². The first-order valence-corrected chi connectivity index (χ1v) is 8.79. The number of aromatic nitrogens is 2. The normalized spacial score (nSPS) is 11.9. The van der Waals surface area contributed by atoms with Gasteiger partial charge in [0.05, 0.1) is 17.3 Å². The molecule has 0 aliphatic carbocycles. The molecule has 1 unspecified atom stereocenters. The molecule has 0 spiro atoms. The third-order valence-corrected chi connectivity index (χ3v) is 4.30. The molecule has 0 fully saturated rings. The summed E-state index contributed by atoms with van der Waals surface area (Å²) in [7, 11) is 0. The molecule has 0 saturated carbocycles. The molecule has 0 radical (unpaired) electrons. The maximum atomic E-state index is 12.1. The zero-order chi connectivity index (χ0) is 19.4. The Morgan fingerprint density at radius 2 is 1.81 bits per heavy atom. The molecule has 3 rings (SSSR count). The van der Waals surface area contributed by atoms with E-state index in [1.165, 1.54) is 0 Å². The van der Waals surface area contributed by atoms with Crippen molar-refractivity contribution in [3.8, 4) is 0 Å². The Hall–Kier alpha value is -2.99. The van der Waals surface area contributed by atoms with E-state index in [0.717, 1.165) is 0 Å². The van der Waals surface area contributed by atoms with Crippen molar-refractivity contribution in [2.45, 2.75) is 25.9 Å². The molecule has 1 N–H and O–H groups in total. The van der Waals surface area contributed by atoms with Gasteiger partial charge in [0.25, 0.3) is 5.56 Å². The van der Waals surface area contributed by atoms with Crippen LogP contribution in [0.1, 0.15) is 42.1 Å². The van der Waals surface area contributed by atoms with Crippen LogP contribution in [0.25, 0.3) is 10.9 Å². The van der Waals surface area contributed by atoms with Gasteiger partial charge < -0.3 is 9.72 Å². The fraction of sp³-hybridized carbons (Fsp3) is 0.200. The van der Waals surface area contributed by atoms with Gasteiger partial charge in [0, 0.05) is 17.0 Å². The summed E-state index contributed by atoms with van der Waals surface area (Å²) >= 11 is 5.79. The second-order valence-electron chi connectivity index (χ2n) is 6.03. The first-order valence-electron chi connectivity index (χ1n) is 8.41. The van der Waals surface area contributed by atoms with Gasteiger partial charge in [-0.1, -0.05) is 23.7 Å². The van der Waals surface area contributed by atoms with E-state index in [2.05, 4.69) is 9.97 Å². The molecule has 6 nitrogen and oxygen atoms in total. The minimum atomic E-state index is -0.736. The number of para-hydroxylation sites is 1. The second kappa shape index (κ2) is 8.14. The lowest BCUT2D eigenvalue weighted by Crippen LogP contribution is -2.17. The van der Waals surface area contributed by atoms with Crippen LogP contribution in [0.5, 0.6) is 0 Å². The number of ketones is 1. The van der Waals surface area contributed by atoms with Gasteiger partial charge in [0.1, 0.15) is 0 Å². The molecule has 27 heavy (non-hydrogen) atoms. The molecule has 7 heteroatoms. The number of hydrogen-bond acceptors (Lipinski definition) is 5. The van der Waals surface area contributed by atoms with E-state index in [-0.39, 0.29) is 30.0 Å². The smallest absolute Gasteiger partial charge is 0.306 e. The van der Waals surface area contributed by atoms with Crippen molar-refractivity contribution in [3.63, 3.8) is 0 Å². The Balaban J connectivity index is 1.61. The first-order chi connectivity index (χ1) is 12.9. The van der Waals surface area contributed by atoms with Crippen molar-refractivity contribution >= 4 is 34.3 Å². The predicted molar refractivity (Wildman–Crippen MR) is 102 cm³/mol. The molecule has 2 aromatic carbocycles. The predicted octanol–water partition coefficient (Wildman–Crippen LogP) is 3.84. The molecule has 0 aliphatic heterocycles. The molecular weight excluding hydrogens is 368 g/mol. The minimum absolute atomic E-state index is 0.0227. The summed E-state index contributed by atoms with van der Waals surface area (Å²) in [5, 5.41) is 1.00. The van der Waals surface area contributed by atoms with E-state index >= 15 is 0 Å². The zero-order valence-electron chi connectivity index (χ0n) is 14.6. The van der Waals surface area contributed by atoms with E-state index in [1.54, 1.807) is 55.5 Å². The van der Waals surface area contributed by atoms with Crippen molar-refractivity contribution < 1.29 is 14.3 Å². The van der Waals surface area contributed by atoms with Crippen LogP contribution in [0.4, 0.5) is 0 Å². The maximum absolute atomic E-state index is 12.1. The van der Waals surface area contributed by atoms with Gasteiger partial charge in [0.15, 0.2) is 17.7 Å². The standard InChI is InChI=1S/C20H17ClN2O4/c1-12(19-22-16-5-3-2-4-15(16)20(26)23-19)27-18(25)11-10-17(24)13-6-8-14(21)9-7-13/h2-9,12H,10-11H2,1H3,(H,22,23,26). The summed E-state index contributed by atoms with van der Waals surface area (Å²) in [6.07, 6.45) is -0.779. The lowest BCUT2D eigenvalue weighted by Gasteiger charge is -2.13. The fourth-order valence-electron chi connectivity index (χ4n) is 2.60. The molecule has 1 heterocycles. The van der Waals surface area contributed by atoms with Crippen molar-refractivity contribution in [2.75, 3.05) is 0 Å². The van der Waals surface area contributed by atoms with E-state index < -0.39 is 12.1 Å². The Bertz CT molecular complexity index is 1040. The van der Waals surface area contributed by atoms with Gasteiger partial charge in [0.2, 0.25) is 0 Å². The third-order valence-electron chi connectivity index (χ3n) is 4.05. The lowest BCUT2D eigenvalue weighted by molar-refractivity contribution is -0.148. The van der Waals surface area contributed by atoms with Gasteiger partial charge in [-0.15, -0.1) is 0 Å². The molecular formula is C20H17ClN2O4. The van der Waals surface area contributed by atoms with E-state index in [9.17, 15) is 14.4 Å². The number of halogens is 1.